The summed E-state index contributed by atoms with van der Waals surface area (Å²) in [6, 6.07) is 22.0. The second-order valence-corrected chi connectivity index (χ2v) is 5.22. The van der Waals surface area contributed by atoms with Crippen molar-refractivity contribution >= 4 is 9.39 Å². The molecule has 18 heavy (non-hydrogen) atoms. The van der Waals surface area contributed by atoms with Crippen LogP contribution in [0.1, 0.15) is 37.1 Å². The highest BCUT2D eigenvalue weighted by Crippen LogP contribution is 2.33. The standard InChI is InChI=1S/C16H20NP/c1-13(15-9-5-3-6-10-15)17(18)14(2)16-11-7-4-8-12-16/h3-14H,18H2,1-2H3. The zero-order valence-corrected chi connectivity index (χ0v) is 12.1. The molecule has 94 valence electrons. The van der Waals surface area contributed by atoms with Gasteiger partial charge in [0.2, 0.25) is 0 Å². The molecule has 0 saturated heterocycles. The summed E-state index contributed by atoms with van der Waals surface area (Å²) in [5.74, 6) is 0. The van der Waals surface area contributed by atoms with Gasteiger partial charge in [-0.05, 0) is 25.0 Å². The van der Waals surface area contributed by atoms with Gasteiger partial charge in [-0.3, -0.25) is 4.67 Å². The molecule has 0 aliphatic heterocycles. The van der Waals surface area contributed by atoms with Crippen LogP contribution >= 0.6 is 9.39 Å². The van der Waals surface area contributed by atoms with Gasteiger partial charge in [-0.2, -0.15) is 0 Å². The van der Waals surface area contributed by atoms with E-state index in [1.165, 1.54) is 11.1 Å². The molecule has 0 N–H and O–H groups in total. The van der Waals surface area contributed by atoms with E-state index in [0.717, 1.165) is 0 Å². The molecule has 0 fully saturated rings. The van der Waals surface area contributed by atoms with Gasteiger partial charge in [-0.15, -0.1) is 0 Å². The molecular formula is C16H20NP. The molecular weight excluding hydrogens is 237 g/mol. The van der Waals surface area contributed by atoms with E-state index in [1.54, 1.807) is 0 Å². The molecule has 0 saturated carbocycles. The Balaban J connectivity index is 2.14. The summed E-state index contributed by atoms with van der Waals surface area (Å²) in [6.07, 6.45) is 0. The number of benzene rings is 2. The smallest absolute Gasteiger partial charge is 0.0358 e. The van der Waals surface area contributed by atoms with E-state index < -0.39 is 0 Å². The Morgan fingerprint density at radius 2 is 1.06 bits per heavy atom. The van der Waals surface area contributed by atoms with Gasteiger partial charge >= 0.3 is 0 Å². The van der Waals surface area contributed by atoms with Crippen LogP contribution in [-0.2, 0) is 0 Å². The van der Waals surface area contributed by atoms with Gasteiger partial charge in [0.25, 0.3) is 0 Å². The molecule has 0 spiro atoms. The summed E-state index contributed by atoms with van der Waals surface area (Å²) < 4.78 is 2.32. The second kappa shape index (κ2) is 6.13. The van der Waals surface area contributed by atoms with Crippen LogP contribution in [0, 0.1) is 0 Å². The van der Waals surface area contributed by atoms with Crippen LogP contribution in [0.3, 0.4) is 0 Å². The lowest BCUT2D eigenvalue weighted by Crippen LogP contribution is -2.20. The van der Waals surface area contributed by atoms with Crippen molar-refractivity contribution in [2.24, 2.45) is 0 Å². The summed E-state index contributed by atoms with van der Waals surface area (Å²) >= 11 is 0. The van der Waals surface area contributed by atoms with Gasteiger partial charge in [0, 0.05) is 12.1 Å². The lowest BCUT2D eigenvalue weighted by molar-refractivity contribution is 0.310. The average Bonchev–Trinajstić information content (AvgIpc) is 2.47. The normalized spacial score (nSPS) is 14.4. The summed E-state index contributed by atoms with van der Waals surface area (Å²) in [5, 5.41) is 0. The van der Waals surface area contributed by atoms with Crippen molar-refractivity contribution in [3.63, 3.8) is 0 Å². The molecule has 0 bridgehead atoms. The maximum Gasteiger partial charge on any atom is 0.0358 e. The zero-order valence-electron chi connectivity index (χ0n) is 11.0. The van der Waals surface area contributed by atoms with E-state index in [9.17, 15) is 0 Å². The highest BCUT2D eigenvalue weighted by Gasteiger charge is 2.18. The topological polar surface area (TPSA) is 3.24 Å². The van der Waals surface area contributed by atoms with Gasteiger partial charge in [0.05, 0.1) is 0 Å². The minimum Gasteiger partial charge on any atom is -0.273 e. The molecule has 1 nitrogen and oxygen atoms in total. The highest BCUT2D eigenvalue weighted by molar-refractivity contribution is 7.13. The molecule has 2 aromatic carbocycles. The molecule has 0 heterocycles. The third kappa shape index (κ3) is 2.98. The fourth-order valence-electron chi connectivity index (χ4n) is 2.14. The van der Waals surface area contributed by atoms with Crippen molar-refractivity contribution in [1.29, 1.82) is 0 Å². The van der Waals surface area contributed by atoms with Crippen molar-refractivity contribution in [2.45, 2.75) is 25.9 Å². The van der Waals surface area contributed by atoms with Crippen molar-refractivity contribution in [1.82, 2.24) is 4.67 Å². The Morgan fingerprint density at radius 3 is 1.39 bits per heavy atom. The maximum atomic E-state index is 2.87. The van der Waals surface area contributed by atoms with E-state index >= 15 is 0 Å². The van der Waals surface area contributed by atoms with Gasteiger partial charge in [-0.1, -0.05) is 70.1 Å². The Bertz CT molecular complexity index is 423. The van der Waals surface area contributed by atoms with Crippen molar-refractivity contribution in [3.8, 4) is 0 Å². The first-order valence-corrected chi connectivity index (χ1v) is 6.84. The van der Waals surface area contributed by atoms with Crippen LogP contribution in [0.4, 0.5) is 0 Å². The Morgan fingerprint density at radius 1 is 0.722 bits per heavy atom. The maximum absolute atomic E-state index is 2.87. The number of hydrogen-bond donors (Lipinski definition) is 0. The summed E-state index contributed by atoms with van der Waals surface area (Å²) in [6.45, 7) is 4.48. The number of hydrogen-bond acceptors (Lipinski definition) is 1. The molecule has 3 atom stereocenters. The molecule has 2 rings (SSSR count). The van der Waals surface area contributed by atoms with E-state index in [-0.39, 0.29) is 0 Å². The number of nitrogens with zero attached hydrogens (tertiary/aromatic N) is 1. The third-order valence-corrected chi connectivity index (χ3v) is 4.35. The first-order valence-electron chi connectivity index (χ1n) is 6.33. The predicted octanol–water partition coefficient (Wildman–Crippen LogP) is 4.60. The average molecular weight is 257 g/mol. The Hall–Kier alpha value is -1.17. The minimum absolute atomic E-state index is 0.381. The van der Waals surface area contributed by atoms with E-state index in [4.69, 9.17) is 0 Å². The van der Waals surface area contributed by atoms with Crippen LogP contribution < -0.4 is 0 Å². The Labute approximate surface area is 112 Å². The van der Waals surface area contributed by atoms with Crippen LogP contribution in [0.15, 0.2) is 60.7 Å². The van der Waals surface area contributed by atoms with E-state index in [1.807, 2.05) is 0 Å². The van der Waals surface area contributed by atoms with Gasteiger partial charge in [0.15, 0.2) is 0 Å². The highest BCUT2D eigenvalue weighted by atomic mass is 31.0. The molecule has 3 unspecified atom stereocenters. The van der Waals surface area contributed by atoms with Gasteiger partial charge < -0.3 is 0 Å². The number of rotatable bonds is 4. The lowest BCUT2D eigenvalue weighted by Gasteiger charge is -2.31. The van der Waals surface area contributed by atoms with Crippen molar-refractivity contribution in [2.75, 3.05) is 0 Å². The largest absolute Gasteiger partial charge is 0.273 e. The SMILES string of the molecule is CC(c1ccccc1)N(P)C(C)c1ccccc1. The molecule has 2 heteroatoms. The van der Waals surface area contributed by atoms with Crippen LogP contribution in [-0.4, -0.2) is 4.67 Å². The minimum atomic E-state index is 0.381. The first-order chi connectivity index (χ1) is 8.70. The van der Waals surface area contributed by atoms with Gasteiger partial charge in [0.1, 0.15) is 0 Å². The van der Waals surface area contributed by atoms with Crippen LogP contribution in [0.5, 0.6) is 0 Å². The van der Waals surface area contributed by atoms with E-state index in [0.29, 0.717) is 12.1 Å². The van der Waals surface area contributed by atoms with Crippen molar-refractivity contribution in [3.05, 3.63) is 71.8 Å². The van der Waals surface area contributed by atoms with Crippen LogP contribution in [0.2, 0.25) is 0 Å². The lowest BCUT2D eigenvalue weighted by atomic mass is 10.0. The molecule has 0 radical (unpaired) electrons. The quantitative estimate of drug-likeness (QED) is 0.723. The van der Waals surface area contributed by atoms with Crippen LogP contribution in [0.25, 0.3) is 0 Å². The Kier molecular flexibility index (Phi) is 4.52. The summed E-state index contributed by atoms with van der Waals surface area (Å²) in [5.41, 5.74) is 2.69. The third-order valence-electron chi connectivity index (χ3n) is 3.46. The second-order valence-electron chi connectivity index (χ2n) is 4.62. The van der Waals surface area contributed by atoms with Crippen molar-refractivity contribution < 1.29 is 0 Å². The fraction of sp³-hybridized carbons (Fsp3) is 0.250. The predicted molar refractivity (Wildman–Crippen MR) is 81.3 cm³/mol. The summed E-state index contributed by atoms with van der Waals surface area (Å²) in [4.78, 5) is 0. The first kappa shape index (κ1) is 13.3. The molecule has 0 aliphatic rings. The molecule has 0 aliphatic carbocycles. The molecule has 0 amide bonds. The van der Waals surface area contributed by atoms with E-state index in [2.05, 4.69) is 88.6 Å². The van der Waals surface area contributed by atoms with Gasteiger partial charge in [-0.25, -0.2) is 0 Å². The fourth-order valence-corrected chi connectivity index (χ4v) is 2.49. The summed E-state index contributed by atoms with van der Waals surface area (Å²) in [7, 11) is 2.87. The molecule has 2 aromatic rings. The zero-order chi connectivity index (χ0) is 13.0. The molecule has 0 aromatic heterocycles. The monoisotopic (exact) mass is 257 g/mol.